The van der Waals surface area contributed by atoms with Gasteiger partial charge in [0.15, 0.2) is 36.1 Å². The highest BCUT2D eigenvalue weighted by Crippen LogP contribution is 2.13. The molecule has 16 nitrogen and oxygen atoms in total. The Bertz CT molecular complexity index is 1730. The number of aliphatic hydroxyl groups is 3. The van der Waals surface area contributed by atoms with E-state index in [1.165, 1.54) is 6.07 Å². The van der Waals surface area contributed by atoms with Crippen molar-refractivity contribution >= 4 is 30.8 Å². The molecule has 0 saturated heterocycles. The molecular formula is C37H43FO16. The van der Waals surface area contributed by atoms with Gasteiger partial charge in [0, 0.05) is 25.9 Å². The number of alkyl halides is 1. The highest BCUT2D eigenvalue weighted by molar-refractivity contribution is 5.71. The van der Waals surface area contributed by atoms with Crippen molar-refractivity contribution in [2.24, 2.45) is 0 Å². The lowest BCUT2D eigenvalue weighted by Gasteiger charge is -1.98. The summed E-state index contributed by atoms with van der Waals surface area (Å²) in [6.45, 7) is 0.632. The van der Waals surface area contributed by atoms with Crippen LogP contribution < -0.4 is 0 Å². The van der Waals surface area contributed by atoms with Crippen LogP contribution in [0.25, 0.3) is 0 Å². The number of rotatable bonds is 18. The van der Waals surface area contributed by atoms with Crippen molar-refractivity contribution in [2.45, 2.75) is 58.3 Å². The minimum absolute atomic E-state index is 0.0139. The lowest BCUT2D eigenvalue weighted by atomic mass is 10.2. The lowest BCUT2D eigenvalue weighted by molar-refractivity contribution is -0.138. The highest BCUT2D eigenvalue weighted by Gasteiger charge is 2.08. The van der Waals surface area contributed by atoms with Gasteiger partial charge in [-0.1, -0.05) is 0 Å². The molecule has 0 amide bonds. The van der Waals surface area contributed by atoms with E-state index in [1.54, 1.807) is 42.5 Å². The summed E-state index contributed by atoms with van der Waals surface area (Å²) in [5.74, 6) is 3.00. The Balaban J connectivity index is 0.000000362. The summed E-state index contributed by atoms with van der Waals surface area (Å²) in [5.41, 5.74) is 0. The molecular weight excluding hydrogens is 719 g/mol. The van der Waals surface area contributed by atoms with E-state index < -0.39 is 11.9 Å². The van der Waals surface area contributed by atoms with Crippen LogP contribution in [0.5, 0.6) is 0 Å². The molecule has 0 unspecified atom stereocenters. The quantitative estimate of drug-likeness (QED) is 0.0732. The molecule has 0 aromatic carbocycles. The number of aldehydes is 3. The van der Waals surface area contributed by atoms with Crippen molar-refractivity contribution in [3.8, 4) is 0 Å². The first kappa shape index (κ1) is 46.1. The number of halogens is 1. The predicted molar refractivity (Wildman–Crippen MR) is 185 cm³/mol. The number of furan rings is 5. The van der Waals surface area contributed by atoms with E-state index >= 15 is 0 Å². The summed E-state index contributed by atoms with van der Waals surface area (Å²) in [6.07, 6.45) is 4.02. The van der Waals surface area contributed by atoms with Gasteiger partial charge in [0.2, 0.25) is 0 Å². The summed E-state index contributed by atoms with van der Waals surface area (Å²) in [7, 11) is 0.500. The third kappa shape index (κ3) is 19.7. The number of carbonyl (C=O) groups excluding carboxylic acids is 3. The molecule has 0 atom stereocenters. The first-order valence-electron chi connectivity index (χ1n) is 16.1. The normalized spacial score (nSPS) is 9.87. The van der Waals surface area contributed by atoms with Gasteiger partial charge in [0.1, 0.15) is 66.6 Å². The molecule has 0 bridgehead atoms. The molecule has 0 radical (unpaired) electrons. The molecule has 54 heavy (non-hydrogen) atoms. The smallest absolute Gasteiger partial charge is 0.311 e. The van der Waals surface area contributed by atoms with Crippen molar-refractivity contribution < 1.29 is 80.7 Å². The maximum absolute atomic E-state index is 10.4. The van der Waals surface area contributed by atoms with Crippen molar-refractivity contribution in [3.63, 3.8) is 0 Å². The van der Waals surface area contributed by atoms with Crippen molar-refractivity contribution in [2.75, 3.05) is 20.4 Å². The van der Waals surface area contributed by atoms with Gasteiger partial charge in [0.25, 0.3) is 0 Å². The number of hydrogen-bond acceptors (Lipinski definition) is 14. The van der Waals surface area contributed by atoms with Crippen molar-refractivity contribution in [1.29, 1.82) is 0 Å². The molecule has 0 spiro atoms. The first-order valence-corrected chi connectivity index (χ1v) is 16.1. The zero-order valence-electron chi connectivity index (χ0n) is 29.4. The molecule has 0 aliphatic rings. The minimum atomic E-state index is -0.968. The Hall–Kier alpha value is -5.88. The number of aryl methyl sites for hydroxylation is 2. The largest absolute Gasteiger partial charge is 0.481 e. The molecule has 5 heterocycles. The van der Waals surface area contributed by atoms with E-state index in [-0.39, 0.29) is 69.6 Å². The second-order valence-corrected chi connectivity index (χ2v) is 10.4. The Labute approximate surface area is 308 Å². The van der Waals surface area contributed by atoms with Crippen molar-refractivity contribution in [3.05, 3.63) is 118 Å². The molecule has 0 aliphatic carbocycles. The van der Waals surface area contributed by atoms with E-state index in [0.717, 1.165) is 24.4 Å². The lowest BCUT2D eigenvalue weighted by Crippen LogP contribution is -1.98. The maximum atomic E-state index is 10.4. The first-order chi connectivity index (χ1) is 26.1. The summed E-state index contributed by atoms with van der Waals surface area (Å²) < 4.78 is 40.3. The molecule has 17 heteroatoms. The molecule has 0 aliphatic heterocycles. The minimum Gasteiger partial charge on any atom is -0.481 e. The number of hydrogen-bond donors (Lipinski definition) is 5. The SMILES string of the molecule is CF.O=C(O)CCc1ccc(CC(=O)O)o1.O=Cc1ccc(CO)o1.O=Cc1ccc(COCc2ccc(C=O)o2)o1.OCCCc1ccc(CCO)o1. The van der Waals surface area contributed by atoms with Crippen LogP contribution >= 0.6 is 0 Å². The fourth-order valence-electron chi connectivity index (χ4n) is 3.95. The van der Waals surface area contributed by atoms with Gasteiger partial charge in [-0.25, -0.2) is 0 Å². The molecule has 294 valence electrons. The second kappa shape index (κ2) is 27.7. The number of ether oxygens (including phenoxy) is 1. The van der Waals surface area contributed by atoms with Crippen LogP contribution in [0, 0.1) is 0 Å². The molecule has 0 fully saturated rings. The van der Waals surface area contributed by atoms with Gasteiger partial charge >= 0.3 is 11.9 Å². The monoisotopic (exact) mass is 762 g/mol. The van der Waals surface area contributed by atoms with Crippen LogP contribution in [-0.4, -0.2) is 76.7 Å². The van der Waals surface area contributed by atoms with Gasteiger partial charge in [-0.3, -0.25) is 28.4 Å². The molecule has 5 aromatic heterocycles. The number of aliphatic carboxylic acids is 2. The summed E-state index contributed by atoms with van der Waals surface area (Å²) >= 11 is 0. The van der Waals surface area contributed by atoms with Gasteiger partial charge in [-0.2, -0.15) is 0 Å². The summed E-state index contributed by atoms with van der Waals surface area (Å²) in [4.78, 5) is 51.2. The zero-order valence-corrected chi connectivity index (χ0v) is 29.4. The van der Waals surface area contributed by atoms with Crippen LogP contribution in [-0.2, 0) is 59.8 Å². The summed E-state index contributed by atoms with van der Waals surface area (Å²) in [6, 6.07) is 16.5. The third-order valence-corrected chi connectivity index (χ3v) is 6.33. The van der Waals surface area contributed by atoms with Crippen LogP contribution in [0.4, 0.5) is 4.39 Å². The summed E-state index contributed by atoms with van der Waals surface area (Å²) in [5, 5.41) is 42.4. The fraction of sp³-hybridized carbons (Fsp3) is 0.324. The van der Waals surface area contributed by atoms with E-state index in [4.69, 9.17) is 52.4 Å². The Morgan fingerprint density at radius 2 is 0.981 bits per heavy atom. The van der Waals surface area contributed by atoms with Crippen LogP contribution in [0.15, 0.2) is 82.7 Å². The third-order valence-electron chi connectivity index (χ3n) is 6.33. The van der Waals surface area contributed by atoms with Crippen LogP contribution in [0.3, 0.4) is 0 Å². The van der Waals surface area contributed by atoms with E-state index in [2.05, 4.69) is 0 Å². The number of carboxylic acid groups (broad SMARTS) is 2. The number of carboxylic acids is 2. The second-order valence-electron chi connectivity index (χ2n) is 10.4. The van der Waals surface area contributed by atoms with E-state index in [9.17, 15) is 28.4 Å². The Kier molecular flexibility index (Phi) is 23.7. The predicted octanol–water partition coefficient (Wildman–Crippen LogP) is 5.05. The highest BCUT2D eigenvalue weighted by atomic mass is 19.1. The fourth-order valence-corrected chi connectivity index (χ4v) is 3.95. The van der Waals surface area contributed by atoms with Gasteiger partial charge < -0.3 is 52.4 Å². The topological polar surface area (TPSA) is 261 Å². The molecule has 0 saturated carbocycles. The van der Waals surface area contributed by atoms with Crippen molar-refractivity contribution in [1.82, 2.24) is 0 Å². The average Bonchev–Trinajstić information content (AvgIpc) is 4.03. The van der Waals surface area contributed by atoms with E-state index in [0.29, 0.717) is 61.3 Å². The molecule has 5 aromatic rings. The standard InChI is InChI=1S/C12H10O5.C9H10O5.C9H14O3.C6H6O3.CH3F/c13-5-9-1-3-11(16-9)7-15-8-12-4-2-10(6-14)17-12;10-8(11)4-3-6-1-2-7(14-6)5-9(12)13;10-6-1-2-8-3-4-9(12-8)5-7-11;7-3-5-1-2-6(4-8)9-5;1-2/h1-6H,7-8H2;1-2H,3-5H2,(H,10,11)(H,12,13);3-4,10-11H,1-2,5-7H2;1-3,8H,4H2;1H3. The number of carbonyl (C=O) groups is 5. The zero-order chi connectivity index (χ0) is 40.1. The van der Waals surface area contributed by atoms with Gasteiger partial charge in [-0.05, 0) is 67.1 Å². The average molecular weight is 763 g/mol. The van der Waals surface area contributed by atoms with Crippen LogP contribution in [0.2, 0.25) is 0 Å². The van der Waals surface area contributed by atoms with Gasteiger partial charge in [-0.15, -0.1) is 0 Å². The number of aliphatic hydroxyl groups excluding tert-OH is 3. The molecule has 5 N–H and O–H groups in total. The maximum Gasteiger partial charge on any atom is 0.311 e. The van der Waals surface area contributed by atoms with E-state index in [1.807, 2.05) is 12.1 Å². The van der Waals surface area contributed by atoms with Crippen LogP contribution in [0.1, 0.15) is 84.8 Å². The molecule has 5 rings (SSSR count). The van der Waals surface area contributed by atoms with Gasteiger partial charge in [0.05, 0.1) is 20.2 Å². The Morgan fingerprint density at radius 3 is 1.39 bits per heavy atom. The Morgan fingerprint density at radius 1 is 0.556 bits per heavy atom.